The van der Waals surface area contributed by atoms with Crippen molar-refractivity contribution >= 4 is 5.97 Å². The van der Waals surface area contributed by atoms with Gasteiger partial charge in [-0.05, 0) is 31.1 Å². The molecule has 2 rings (SSSR count). The summed E-state index contributed by atoms with van der Waals surface area (Å²) in [6.07, 6.45) is 11.2. The van der Waals surface area contributed by atoms with Crippen molar-refractivity contribution in [2.24, 2.45) is 17.8 Å². The van der Waals surface area contributed by atoms with Crippen LogP contribution in [0.5, 0.6) is 0 Å². The minimum atomic E-state index is -0.666. The fourth-order valence-corrected chi connectivity index (χ4v) is 2.41. The summed E-state index contributed by atoms with van der Waals surface area (Å²) in [5.74, 6) is -0.00597. The predicted molar refractivity (Wildman–Crippen MR) is 50.2 cm³/mol. The average molecular weight is 178 g/mol. The molecular weight excluding hydrogens is 164 g/mol. The van der Waals surface area contributed by atoms with E-state index in [2.05, 4.69) is 12.2 Å². The lowest BCUT2D eigenvalue weighted by Crippen LogP contribution is -2.31. The van der Waals surface area contributed by atoms with Crippen molar-refractivity contribution in [2.45, 2.75) is 19.3 Å². The van der Waals surface area contributed by atoms with Crippen LogP contribution >= 0.6 is 0 Å². The molecule has 0 saturated carbocycles. The molecule has 0 aliphatic heterocycles. The van der Waals surface area contributed by atoms with Gasteiger partial charge in [0.2, 0.25) is 0 Å². The van der Waals surface area contributed by atoms with Gasteiger partial charge < -0.3 is 5.11 Å². The van der Waals surface area contributed by atoms with E-state index in [0.717, 1.165) is 19.3 Å². The van der Waals surface area contributed by atoms with Gasteiger partial charge >= 0.3 is 5.97 Å². The Labute approximate surface area is 78.0 Å². The second-order valence-corrected chi connectivity index (χ2v) is 3.89. The van der Waals surface area contributed by atoms with Gasteiger partial charge in [-0.25, -0.2) is 0 Å². The molecule has 0 aromatic heterocycles. The molecule has 1 N–H and O–H groups in total. The summed E-state index contributed by atoms with van der Waals surface area (Å²) in [5.41, 5.74) is 0. The Hall–Kier alpha value is -1.05. The average Bonchev–Trinajstić information content (AvgIpc) is 2.17. The van der Waals surface area contributed by atoms with Crippen molar-refractivity contribution in [2.75, 3.05) is 0 Å². The summed E-state index contributed by atoms with van der Waals surface area (Å²) in [6.45, 7) is 0. The third-order valence-corrected chi connectivity index (χ3v) is 3.15. The molecule has 2 aliphatic carbocycles. The molecule has 0 aromatic carbocycles. The minimum Gasteiger partial charge on any atom is -0.481 e. The monoisotopic (exact) mass is 178 g/mol. The van der Waals surface area contributed by atoms with Gasteiger partial charge in [-0.1, -0.05) is 24.3 Å². The molecule has 0 heterocycles. The number of fused-ring (bicyclic) bond motifs is 1. The molecule has 13 heavy (non-hydrogen) atoms. The fourth-order valence-electron chi connectivity index (χ4n) is 2.41. The Balaban J connectivity index is 2.19. The lowest BCUT2D eigenvalue weighted by atomic mass is 9.70. The van der Waals surface area contributed by atoms with Crippen LogP contribution in [-0.4, -0.2) is 11.1 Å². The maximum Gasteiger partial charge on any atom is 0.310 e. The standard InChI is InChI=1S/C11H14O2/c12-11(13)10-7-3-5-8-4-1-2-6-9(8)10/h1-3,7-10H,4-6H2,(H,12,13)/t8-,9-,10-/m1/s1. The van der Waals surface area contributed by atoms with Crippen molar-refractivity contribution in [3.63, 3.8) is 0 Å². The summed E-state index contributed by atoms with van der Waals surface area (Å²) in [5, 5.41) is 9.00. The van der Waals surface area contributed by atoms with E-state index in [1.807, 2.05) is 12.2 Å². The number of hydrogen-bond acceptors (Lipinski definition) is 1. The summed E-state index contributed by atoms with van der Waals surface area (Å²) in [7, 11) is 0. The van der Waals surface area contributed by atoms with Crippen molar-refractivity contribution in [1.82, 2.24) is 0 Å². The molecule has 0 radical (unpaired) electrons. The first-order chi connectivity index (χ1) is 6.29. The van der Waals surface area contributed by atoms with Crippen LogP contribution in [0.4, 0.5) is 0 Å². The molecule has 0 saturated heterocycles. The highest BCUT2D eigenvalue weighted by Gasteiger charge is 2.34. The van der Waals surface area contributed by atoms with Crippen molar-refractivity contribution in [3.8, 4) is 0 Å². The van der Waals surface area contributed by atoms with E-state index in [-0.39, 0.29) is 5.92 Å². The molecule has 0 aromatic rings. The highest BCUT2D eigenvalue weighted by molar-refractivity contribution is 5.73. The van der Waals surface area contributed by atoms with Crippen molar-refractivity contribution < 1.29 is 9.90 Å². The first kappa shape index (κ1) is 8.54. The van der Waals surface area contributed by atoms with E-state index in [9.17, 15) is 4.79 Å². The van der Waals surface area contributed by atoms with E-state index in [0.29, 0.717) is 11.8 Å². The van der Waals surface area contributed by atoms with Crippen LogP contribution < -0.4 is 0 Å². The van der Waals surface area contributed by atoms with Gasteiger partial charge in [0, 0.05) is 0 Å². The second kappa shape index (κ2) is 3.36. The van der Waals surface area contributed by atoms with Crippen LogP contribution in [0.2, 0.25) is 0 Å². The van der Waals surface area contributed by atoms with Crippen LogP contribution in [0, 0.1) is 17.8 Å². The zero-order valence-electron chi connectivity index (χ0n) is 7.52. The summed E-state index contributed by atoms with van der Waals surface area (Å²) in [6, 6.07) is 0. The Bertz CT molecular complexity index is 265. The van der Waals surface area contributed by atoms with E-state index in [1.54, 1.807) is 0 Å². The largest absolute Gasteiger partial charge is 0.481 e. The van der Waals surface area contributed by atoms with Crippen LogP contribution in [0.25, 0.3) is 0 Å². The molecule has 0 amide bonds. The van der Waals surface area contributed by atoms with Gasteiger partial charge in [0.15, 0.2) is 0 Å². The second-order valence-electron chi connectivity index (χ2n) is 3.89. The normalized spacial score (nSPS) is 37.1. The molecular formula is C11H14O2. The first-order valence-electron chi connectivity index (χ1n) is 4.83. The Morgan fingerprint density at radius 1 is 1.15 bits per heavy atom. The molecule has 0 spiro atoms. The van der Waals surface area contributed by atoms with Gasteiger partial charge in [0.25, 0.3) is 0 Å². The highest BCUT2D eigenvalue weighted by Crippen LogP contribution is 2.38. The summed E-state index contributed by atoms with van der Waals surface area (Å²) >= 11 is 0. The molecule has 0 unspecified atom stereocenters. The maximum atomic E-state index is 10.9. The van der Waals surface area contributed by atoms with E-state index >= 15 is 0 Å². The van der Waals surface area contributed by atoms with Crippen LogP contribution in [0.3, 0.4) is 0 Å². The van der Waals surface area contributed by atoms with Crippen LogP contribution in [0.15, 0.2) is 24.3 Å². The van der Waals surface area contributed by atoms with Crippen LogP contribution in [-0.2, 0) is 4.79 Å². The van der Waals surface area contributed by atoms with E-state index in [1.165, 1.54) is 0 Å². The third-order valence-electron chi connectivity index (χ3n) is 3.15. The number of rotatable bonds is 1. The number of hydrogen-bond donors (Lipinski definition) is 1. The zero-order valence-corrected chi connectivity index (χ0v) is 7.52. The molecule has 70 valence electrons. The summed E-state index contributed by atoms with van der Waals surface area (Å²) in [4.78, 5) is 10.9. The third kappa shape index (κ3) is 1.53. The molecule has 3 atom stereocenters. The zero-order chi connectivity index (χ0) is 9.26. The SMILES string of the molecule is O=C(O)[C@@H]1C=CC[C@H]2CC=CC[C@H]21. The minimum absolute atomic E-state index is 0.247. The van der Waals surface area contributed by atoms with Gasteiger partial charge in [-0.2, -0.15) is 0 Å². The number of carboxylic acid groups (broad SMARTS) is 1. The number of aliphatic carboxylic acids is 1. The van der Waals surface area contributed by atoms with Gasteiger partial charge in [-0.3, -0.25) is 4.79 Å². The van der Waals surface area contributed by atoms with Gasteiger partial charge in [0.1, 0.15) is 0 Å². The van der Waals surface area contributed by atoms with Gasteiger partial charge in [0.05, 0.1) is 5.92 Å². The number of carboxylic acids is 1. The molecule has 2 aliphatic rings. The number of carbonyl (C=O) groups is 1. The molecule has 2 nitrogen and oxygen atoms in total. The smallest absolute Gasteiger partial charge is 0.310 e. The summed E-state index contributed by atoms with van der Waals surface area (Å²) < 4.78 is 0. The van der Waals surface area contributed by atoms with Crippen molar-refractivity contribution in [3.05, 3.63) is 24.3 Å². The van der Waals surface area contributed by atoms with Gasteiger partial charge in [-0.15, -0.1) is 0 Å². The topological polar surface area (TPSA) is 37.3 Å². The molecule has 2 heteroatoms. The molecule has 0 bridgehead atoms. The fraction of sp³-hybridized carbons (Fsp3) is 0.545. The van der Waals surface area contributed by atoms with E-state index < -0.39 is 5.97 Å². The quantitative estimate of drug-likeness (QED) is 0.625. The molecule has 0 fully saturated rings. The van der Waals surface area contributed by atoms with E-state index in [4.69, 9.17) is 5.11 Å². The van der Waals surface area contributed by atoms with Crippen molar-refractivity contribution in [1.29, 1.82) is 0 Å². The predicted octanol–water partition coefficient (Wildman–Crippen LogP) is 2.23. The number of allylic oxidation sites excluding steroid dienone is 3. The highest BCUT2D eigenvalue weighted by atomic mass is 16.4. The Kier molecular flexibility index (Phi) is 2.21. The Morgan fingerprint density at radius 3 is 2.62 bits per heavy atom. The van der Waals surface area contributed by atoms with Crippen LogP contribution in [0.1, 0.15) is 19.3 Å². The first-order valence-corrected chi connectivity index (χ1v) is 4.83. The maximum absolute atomic E-state index is 10.9. The Morgan fingerprint density at radius 2 is 1.85 bits per heavy atom. The lowest BCUT2D eigenvalue weighted by Gasteiger charge is -2.33. The lowest BCUT2D eigenvalue weighted by molar-refractivity contribution is -0.142.